The number of unbranched alkanes of at least 4 members (excludes halogenated alkanes) is 2. The van der Waals surface area contributed by atoms with E-state index in [1.54, 1.807) is 0 Å². The number of hydrogen-bond acceptors (Lipinski definition) is 10. The maximum absolute atomic E-state index is 12.2. The van der Waals surface area contributed by atoms with Crippen LogP contribution in [0, 0.1) is 11.8 Å². The highest BCUT2D eigenvalue weighted by atomic mass is 32.2. The van der Waals surface area contributed by atoms with Crippen LogP contribution in [0.15, 0.2) is 0 Å². The van der Waals surface area contributed by atoms with E-state index in [1.807, 2.05) is 0 Å². The highest BCUT2D eigenvalue weighted by Crippen LogP contribution is 2.13. The number of esters is 2. The summed E-state index contributed by atoms with van der Waals surface area (Å²) in [6.45, 7) is 11.1. The molecule has 238 valence electrons. The Labute approximate surface area is 241 Å². The fraction of sp³-hybridized carbons (Fsp3) is 0.929. The van der Waals surface area contributed by atoms with Gasteiger partial charge in [-0.15, -0.1) is 0 Å². The van der Waals surface area contributed by atoms with Crippen LogP contribution in [-0.2, 0) is 48.1 Å². The lowest BCUT2D eigenvalue weighted by atomic mass is 10.0. The minimum Gasteiger partial charge on any atom is -0.463 e. The molecule has 0 rings (SSSR count). The summed E-state index contributed by atoms with van der Waals surface area (Å²) in [5, 5.41) is -2.08. The molecule has 0 fully saturated rings. The third-order valence-electron chi connectivity index (χ3n) is 6.47. The summed E-state index contributed by atoms with van der Waals surface area (Å²) >= 11 is 0. The zero-order valence-corrected chi connectivity index (χ0v) is 25.9. The number of rotatable bonds is 28. The Bertz CT molecular complexity index is 730. The third kappa shape index (κ3) is 21.4. The van der Waals surface area contributed by atoms with Crippen LogP contribution in [0.25, 0.3) is 0 Å². The van der Waals surface area contributed by atoms with Crippen LogP contribution >= 0.6 is 0 Å². The highest BCUT2D eigenvalue weighted by molar-refractivity contribution is 7.87. The molecular weight excluding hydrogens is 544 g/mol. The molecule has 3 unspecified atom stereocenters. The monoisotopic (exact) mass is 598 g/mol. The summed E-state index contributed by atoms with van der Waals surface area (Å²) in [7, 11) is -4.88. The molecule has 0 aromatic carbocycles. The molecular formula is C28H54O11S. The first-order chi connectivity index (χ1) is 19.2. The van der Waals surface area contributed by atoms with Crippen molar-refractivity contribution in [1.82, 2.24) is 0 Å². The Kier molecular flexibility index (Phi) is 24.6. The van der Waals surface area contributed by atoms with Crippen molar-refractivity contribution in [3.63, 3.8) is 0 Å². The molecule has 0 saturated carbocycles. The normalized spacial score (nSPS) is 14.0. The predicted octanol–water partition coefficient (Wildman–Crippen LogP) is 4.22. The van der Waals surface area contributed by atoms with Gasteiger partial charge in [-0.2, -0.15) is 8.42 Å². The zero-order valence-electron chi connectivity index (χ0n) is 25.1. The van der Waals surface area contributed by atoms with E-state index in [0.29, 0.717) is 51.5 Å². The van der Waals surface area contributed by atoms with E-state index in [1.165, 1.54) is 12.8 Å². The van der Waals surface area contributed by atoms with Crippen LogP contribution < -0.4 is 0 Å². The van der Waals surface area contributed by atoms with Gasteiger partial charge < -0.3 is 28.4 Å². The van der Waals surface area contributed by atoms with Crippen LogP contribution in [0.1, 0.15) is 85.5 Å². The topological polar surface area (TPSA) is 144 Å². The second-order valence-electron chi connectivity index (χ2n) is 9.80. The average Bonchev–Trinajstić information content (AvgIpc) is 2.92. The maximum atomic E-state index is 12.2. The van der Waals surface area contributed by atoms with Gasteiger partial charge in [-0.1, -0.05) is 66.2 Å². The Hall–Kier alpha value is -1.31. The Morgan fingerprint density at radius 1 is 0.650 bits per heavy atom. The van der Waals surface area contributed by atoms with Crippen LogP contribution in [-0.4, -0.2) is 96.2 Å². The minimum absolute atomic E-state index is 0.0175. The summed E-state index contributed by atoms with van der Waals surface area (Å²) in [5.41, 5.74) is 0. The SMILES string of the molecule is CCCCC(CC)COCCOCCOC(=O)CC(C(=O)OCCOCCOCC(CC)CCCC)S(=O)(=O)O. The predicted molar refractivity (Wildman–Crippen MR) is 152 cm³/mol. The molecule has 0 aromatic heterocycles. The van der Waals surface area contributed by atoms with Gasteiger partial charge in [0.05, 0.1) is 46.1 Å². The van der Waals surface area contributed by atoms with E-state index < -0.39 is 33.7 Å². The fourth-order valence-electron chi connectivity index (χ4n) is 3.77. The van der Waals surface area contributed by atoms with Crippen molar-refractivity contribution in [3.8, 4) is 0 Å². The second-order valence-corrected chi connectivity index (χ2v) is 11.4. The molecule has 1 N–H and O–H groups in total. The second kappa shape index (κ2) is 25.4. The molecule has 0 aliphatic heterocycles. The molecule has 12 heteroatoms. The maximum Gasteiger partial charge on any atom is 0.327 e. The lowest BCUT2D eigenvalue weighted by Crippen LogP contribution is -2.35. The van der Waals surface area contributed by atoms with E-state index in [2.05, 4.69) is 27.7 Å². The van der Waals surface area contributed by atoms with Gasteiger partial charge in [0.15, 0.2) is 5.25 Å². The van der Waals surface area contributed by atoms with E-state index in [-0.39, 0.29) is 26.4 Å². The summed E-state index contributed by atoms with van der Waals surface area (Å²) in [5.74, 6) is -1.16. The van der Waals surface area contributed by atoms with Crippen molar-refractivity contribution in [2.75, 3.05) is 66.1 Å². The average molecular weight is 599 g/mol. The first-order valence-electron chi connectivity index (χ1n) is 14.8. The molecule has 11 nitrogen and oxygen atoms in total. The molecule has 0 aromatic rings. The smallest absolute Gasteiger partial charge is 0.327 e. The van der Waals surface area contributed by atoms with Gasteiger partial charge >= 0.3 is 11.9 Å². The van der Waals surface area contributed by atoms with Gasteiger partial charge in [-0.25, -0.2) is 0 Å². The van der Waals surface area contributed by atoms with Crippen LogP contribution in [0.5, 0.6) is 0 Å². The molecule has 0 spiro atoms. The Balaban J connectivity index is 4.07. The number of ether oxygens (including phenoxy) is 6. The minimum atomic E-state index is -4.88. The van der Waals surface area contributed by atoms with E-state index in [9.17, 15) is 22.6 Å². The van der Waals surface area contributed by atoms with Gasteiger partial charge in [-0.05, 0) is 24.7 Å². The molecule has 0 saturated heterocycles. The van der Waals surface area contributed by atoms with Gasteiger partial charge in [0.2, 0.25) is 0 Å². The summed E-state index contributed by atoms with van der Waals surface area (Å²) in [6.07, 6.45) is 8.20. The van der Waals surface area contributed by atoms with Crippen molar-refractivity contribution in [1.29, 1.82) is 0 Å². The zero-order chi connectivity index (χ0) is 30.1. The molecule has 0 bridgehead atoms. The van der Waals surface area contributed by atoms with Crippen molar-refractivity contribution in [2.24, 2.45) is 11.8 Å². The van der Waals surface area contributed by atoms with Gasteiger partial charge in [-0.3, -0.25) is 14.1 Å². The molecule has 0 aliphatic rings. The standard InChI is InChI=1S/C28H54O11S/c1-5-9-11-24(7-3)22-36-15-13-34-17-19-38-27(29)21-26(40(31,32)33)28(30)39-20-18-35-14-16-37-23-25(8-4)12-10-6-2/h24-26H,5-23H2,1-4H3,(H,31,32,33). The van der Waals surface area contributed by atoms with Crippen molar-refractivity contribution in [2.45, 2.75) is 90.7 Å². The fourth-order valence-corrected chi connectivity index (χ4v) is 4.42. The van der Waals surface area contributed by atoms with Gasteiger partial charge in [0.1, 0.15) is 13.2 Å². The third-order valence-corrected chi connectivity index (χ3v) is 7.55. The van der Waals surface area contributed by atoms with E-state index >= 15 is 0 Å². The van der Waals surface area contributed by atoms with Crippen molar-refractivity contribution >= 4 is 22.1 Å². The molecule has 3 atom stereocenters. The van der Waals surface area contributed by atoms with E-state index in [4.69, 9.17) is 28.4 Å². The first kappa shape index (κ1) is 38.7. The highest BCUT2D eigenvalue weighted by Gasteiger charge is 2.35. The number of carbonyl (C=O) groups excluding carboxylic acids is 2. The quantitative estimate of drug-likeness (QED) is 0.0785. The lowest BCUT2D eigenvalue weighted by Gasteiger charge is -2.15. The number of carbonyl (C=O) groups is 2. The van der Waals surface area contributed by atoms with Crippen molar-refractivity contribution in [3.05, 3.63) is 0 Å². The van der Waals surface area contributed by atoms with Crippen LogP contribution in [0.2, 0.25) is 0 Å². The summed E-state index contributed by atoms with van der Waals surface area (Å²) < 4.78 is 64.4. The molecule has 0 amide bonds. The van der Waals surface area contributed by atoms with Crippen LogP contribution in [0.4, 0.5) is 0 Å². The summed E-state index contributed by atoms with van der Waals surface area (Å²) in [6, 6.07) is 0. The summed E-state index contributed by atoms with van der Waals surface area (Å²) in [4.78, 5) is 24.2. The molecule has 0 radical (unpaired) electrons. The van der Waals surface area contributed by atoms with Crippen molar-refractivity contribution < 1.29 is 51.0 Å². The van der Waals surface area contributed by atoms with E-state index in [0.717, 1.165) is 38.5 Å². The van der Waals surface area contributed by atoms with Gasteiger partial charge in [0.25, 0.3) is 10.1 Å². The largest absolute Gasteiger partial charge is 0.463 e. The van der Waals surface area contributed by atoms with Gasteiger partial charge in [0, 0.05) is 13.2 Å². The first-order valence-corrected chi connectivity index (χ1v) is 16.3. The lowest BCUT2D eigenvalue weighted by molar-refractivity contribution is -0.151. The molecule has 0 heterocycles. The Morgan fingerprint density at radius 3 is 1.50 bits per heavy atom. The Morgan fingerprint density at radius 2 is 1.07 bits per heavy atom. The van der Waals surface area contributed by atoms with Crippen LogP contribution in [0.3, 0.4) is 0 Å². The molecule has 40 heavy (non-hydrogen) atoms. The number of hydrogen-bond donors (Lipinski definition) is 1. The molecule has 0 aliphatic carbocycles.